The molecular weight excluding hydrogens is 1820 g/mol. The van der Waals surface area contributed by atoms with E-state index < -0.39 is 186 Å². The third-order valence-corrected chi connectivity index (χ3v) is 23.6. The number of thiazole rings is 1. The smallest absolute Gasteiger partial charge is 0.326 e. The molecule has 4 rings (SSSR count). The highest BCUT2D eigenvalue weighted by Crippen LogP contribution is 2.32. The zero-order valence-corrected chi connectivity index (χ0v) is 81.3. The van der Waals surface area contributed by atoms with Crippen molar-refractivity contribution < 1.29 is 136 Å². The molecule has 0 unspecified atom stereocenters. The Balaban J connectivity index is 1.21. The number of nitrogens with zero attached hydrogens (tertiary/aromatic N) is 4. The number of phenols is 1. The van der Waals surface area contributed by atoms with Gasteiger partial charge in [-0.05, 0) is 172 Å². The summed E-state index contributed by atoms with van der Waals surface area (Å²) in [6.07, 6.45) is 2.46. The van der Waals surface area contributed by atoms with Crippen LogP contribution in [0.2, 0.25) is 0 Å². The predicted molar refractivity (Wildman–Crippen MR) is 501 cm³/mol. The number of hydrogen-bond donors (Lipinski definition) is 18. The Morgan fingerprint density at radius 2 is 1.08 bits per heavy atom. The number of esters is 1. The van der Waals surface area contributed by atoms with Gasteiger partial charge < -0.3 is 114 Å². The molecule has 764 valence electrons. The second-order valence-electron chi connectivity index (χ2n) is 34.8. The van der Waals surface area contributed by atoms with E-state index in [-0.39, 0.29) is 194 Å². The standard InChI is InChI=1S/C92H137N17O28S/c1-14-55(6)79(106-90(133)92(9,10)107(11)12)87(128)108(13)67(53(2)3)50-69(137-57(8)110)86-102-66(52-138-86)84(126)99-61(31-36-76(118)119)48-58-26-33-68(111)65(49-58)101-73(115)51-97-80(122)56(7)98-85(127)78(54(4)5)105-83(125)62(100-72(114)25-21-43-109-74(116)34-35-75(109)117)22-15-18-40-94-71(113)38-44-135-46-47-136-45-42-96-82(124)60-29-27-59(28-30-60)81(123)95-41-20-17-24-70(112)93-39-19-16-23-63(88(129)130)103-91(134)104-64(89(131)132)32-37-77(120)121/h26-30,33-35,49,52-56,61-64,67,69,78-79,111H,14-25,31-32,36-48,50-51H2,1-13H3,(H,93,112)(H,94,113)(H,95,123)(H,96,124)(H,97,122)(H,98,127)(H,99,126)(H,100,114)(H,101,115)(H,105,125)(H,106,133)(H,118,119)(H,120,121)(H,129,130)(H,131,132)(H2,103,104,134)/t55-,56-,61+,62-,63-,64-,67+,69+,78-,79-/m0/s1. The number of aliphatic carboxylic acids is 4. The quantitative estimate of drug-likeness (QED) is 0.0167. The summed E-state index contributed by atoms with van der Waals surface area (Å²) in [6.45, 7) is 17.3. The number of aromatic hydroxyl groups is 1. The molecule has 0 aliphatic carbocycles. The Kier molecular flexibility index (Phi) is 51.4. The highest BCUT2D eigenvalue weighted by Gasteiger charge is 2.40. The van der Waals surface area contributed by atoms with E-state index in [0.29, 0.717) is 43.2 Å². The lowest BCUT2D eigenvalue weighted by Gasteiger charge is -2.38. The molecule has 0 saturated heterocycles. The number of unbranched alkanes of at least 4 members (excludes halogenated alkanes) is 3. The Hall–Kier alpha value is -13.1. The molecule has 3 aromatic rings. The maximum Gasteiger partial charge on any atom is 0.326 e. The zero-order chi connectivity index (χ0) is 103. The lowest BCUT2D eigenvalue weighted by atomic mass is 9.92. The molecule has 18 N–H and O–H groups in total. The fourth-order valence-corrected chi connectivity index (χ4v) is 14.6. The van der Waals surface area contributed by atoms with Crippen molar-refractivity contribution in [2.45, 2.75) is 251 Å². The van der Waals surface area contributed by atoms with E-state index in [1.807, 2.05) is 27.7 Å². The molecule has 16 amide bonds. The molecule has 10 atom stereocenters. The number of hydrogen-bond acceptors (Lipinski definition) is 27. The minimum atomic E-state index is -1.54. The first-order chi connectivity index (χ1) is 65.1. The van der Waals surface area contributed by atoms with E-state index in [0.717, 1.165) is 28.4 Å². The summed E-state index contributed by atoms with van der Waals surface area (Å²) in [5.41, 5.74) is -0.168. The number of nitrogens with one attached hydrogen (secondary N) is 13. The van der Waals surface area contributed by atoms with Gasteiger partial charge in [0.15, 0.2) is 6.10 Å². The second-order valence-corrected chi connectivity index (χ2v) is 35.7. The van der Waals surface area contributed by atoms with Crippen LogP contribution < -0.4 is 69.1 Å². The molecule has 46 heteroatoms. The van der Waals surface area contributed by atoms with E-state index in [1.165, 1.54) is 61.7 Å². The maximum atomic E-state index is 14.4. The van der Waals surface area contributed by atoms with Gasteiger partial charge in [0, 0.05) is 126 Å². The van der Waals surface area contributed by atoms with Crippen LogP contribution in [0.4, 0.5) is 10.5 Å². The Bertz CT molecular complexity index is 4680. The minimum Gasteiger partial charge on any atom is -0.506 e. The number of carbonyl (C=O) groups is 20. The number of carboxylic acids is 4. The van der Waals surface area contributed by atoms with Crippen LogP contribution in [-0.2, 0) is 97.3 Å². The van der Waals surface area contributed by atoms with Gasteiger partial charge in [0.25, 0.3) is 29.5 Å². The Labute approximate surface area is 805 Å². The van der Waals surface area contributed by atoms with Crippen molar-refractivity contribution in [2.75, 3.05) is 92.2 Å². The first-order valence-electron chi connectivity index (χ1n) is 46.0. The number of carbonyl (C=O) groups excluding carboxylic acids is 16. The van der Waals surface area contributed by atoms with Crippen molar-refractivity contribution in [1.29, 1.82) is 0 Å². The number of urea groups is 1. The average Bonchev–Trinajstić information content (AvgIpc) is 1.12. The number of aromatic nitrogens is 1. The highest BCUT2D eigenvalue weighted by molar-refractivity contribution is 7.09. The second kappa shape index (κ2) is 60.5. The number of imide groups is 1. The third-order valence-electron chi connectivity index (χ3n) is 22.7. The van der Waals surface area contributed by atoms with Crippen molar-refractivity contribution in [1.82, 2.24) is 83.5 Å². The minimum absolute atomic E-state index is 0.0143. The molecule has 0 fully saturated rings. The van der Waals surface area contributed by atoms with Gasteiger partial charge in [-0.25, -0.2) is 19.4 Å². The molecule has 0 radical (unpaired) electrons. The van der Waals surface area contributed by atoms with Gasteiger partial charge in [0.2, 0.25) is 53.2 Å². The molecule has 1 aromatic heterocycles. The summed E-state index contributed by atoms with van der Waals surface area (Å²) in [7, 11) is 5.15. The largest absolute Gasteiger partial charge is 0.506 e. The summed E-state index contributed by atoms with van der Waals surface area (Å²) in [4.78, 5) is 265. The number of ether oxygens (including phenoxy) is 3. The topological polar surface area (TPSA) is 649 Å². The van der Waals surface area contributed by atoms with E-state index in [4.69, 9.17) is 19.3 Å². The van der Waals surface area contributed by atoms with Crippen LogP contribution in [-0.4, -0.2) is 305 Å². The summed E-state index contributed by atoms with van der Waals surface area (Å²) < 4.78 is 16.9. The molecule has 2 heterocycles. The molecule has 0 saturated carbocycles. The van der Waals surface area contributed by atoms with Crippen LogP contribution in [0, 0.1) is 17.8 Å². The fraction of sp³-hybridized carbons (Fsp3) is 0.598. The summed E-state index contributed by atoms with van der Waals surface area (Å²) in [5, 5.41) is 83.6. The highest BCUT2D eigenvalue weighted by atomic mass is 32.1. The van der Waals surface area contributed by atoms with Crippen molar-refractivity contribution in [3.63, 3.8) is 0 Å². The zero-order valence-electron chi connectivity index (χ0n) is 80.5. The van der Waals surface area contributed by atoms with Crippen molar-refractivity contribution in [2.24, 2.45) is 17.8 Å². The van der Waals surface area contributed by atoms with Gasteiger partial charge in [-0.15, -0.1) is 11.3 Å². The van der Waals surface area contributed by atoms with Gasteiger partial charge in [-0.2, -0.15) is 0 Å². The number of phenolic OH excluding ortho intramolecular Hbond substituents is 1. The average molecular weight is 1960 g/mol. The van der Waals surface area contributed by atoms with Crippen molar-refractivity contribution in [3.05, 3.63) is 87.4 Å². The van der Waals surface area contributed by atoms with Gasteiger partial charge in [-0.3, -0.25) is 91.3 Å². The molecule has 0 spiro atoms. The molecule has 45 nitrogen and oxygen atoms in total. The Morgan fingerprint density at radius 3 is 1.64 bits per heavy atom. The molecule has 1 aliphatic rings. The Morgan fingerprint density at radius 1 is 0.529 bits per heavy atom. The van der Waals surface area contributed by atoms with Crippen LogP contribution in [0.1, 0.15) is 233 Å². The van der Waals surface area contributed by atoms with Crippen molar-refractivity contribution in [3.8, 4) is 5.75 Å². The van der Waals surface area contributed by atoms with Gasteiger partial charge >= 0.3 is 35.9 Å². The molecule has 0 bridgehead atoms. The number of amides is 16. The van der Waals surface area contributed by atoms with E-state index in [9.17, 15) is 116 Å². The first kappa shape index (κ1) is 117. The van der Waals surface area contributed by atoms with E-state index in [1.54, 1.807) is 58.6 Å². The third kappa shape index (κ3) is 42.7. The fourth-order valence-electron chi connectivity index (χ4n) is 13.8. The molecular formula is C92H137N17O28S. The SMILES string of the molecule is CC[C@H](C)[C@H](NC(=O)C(C)(C)N(C)C)C(=O)N(C)[C@H](C[C@@H](OC(C)=O)c1nc(C(=O)N[C@H](CCC(=O)O)Cc2ccc(O)c(NC(=O)CNC(=O)[C@H](C)NC(=O)[C@@H](NC(=O)[C@H](CCCCNC(=O)CCOCCOCCNC(=O)c3ccc(C(=O)NCCCCC(=O)NCCCC[C@H](NC(=O)N[C@@H](CCC(=O)O)C(=O)O)C(=O)O)cc3)NC(=O)CCCN3C(=O)C=CC3=O)C(C)C)c2)cs1)C(C)C. The van der Waals surface area contributed by atoms with Gasteiger partial charge in [0.05, 0.1) is 44.2 Å². The lowest BCUT2D eigenvalue weighted by molar-refractivity contribution is -0.149. The lowest BCUT2D eigenvalue weighted by Crippen LogP contribution is -2.60. The van der Waals surface area contributed by atoms with Crippen LogP contribution in [0.25, 0.3) is 0 Å². The van der Waals surface area contributed by atoms with Crippen LogP contribution >= 0.6 is 11.3 Å². The van der Waals surface area contributed by atoms with Gasteiger partial charge in [0.1, 0.15) is 52.7 Å². The predicted octanol–water partition coefficient (Wildman–Crippen LogP) is 2.69. The number of likely N-dealkylation sites (N-methyl/N-ethyl adjacent to an activating group) is 2. The number of benzene rings is 2. The van der Waals surface area contributed by atoms with Crippen LogP contribution in [0.5, 0.6) is 5.75 Å². The van der Waals surface area contributed by atoms with Gasteiger partial charge in [-0.1, -0.05) is 54.0 Å². The monoisotopic (exact) mass is 1960 g/mol. The normalized spacial score (nSPS) is 14.0. The molecule has 138 heavy (non-hydrogen) atoms. The number of rotatable bonds is 66. The van der Waals surface area contributed by atoms with E-state index >= 15 is 0 Å². The summed E-state index contributed by atoms with van der Waals surface area (Å²) in [6, 6.07) is -0.128. The van der Waals surface area contributed by atoms with E-state index in [2.05, 4.69) is 74.1 Å². The molecule has 1 aliphatic heterocycles. The van der Waals surface area contributed by atoms with Crippen molar-refractivity contribution >= 4 is 136 Å². The summed E-state index contributed by atoms with van der Waals surface area (Å²) >= 11 is 1.03. The first-order valence-corrected chi connectivity index (χ1v) is 46.9. The van der Waals surface area contributed by atoms with Crippen LogP contribution in [0.3, 0.4) is 0 Å². The number of carboxylic acid groups (broad SMARTS) is 4. The summed E-state index contributed by atoms with van der Waals surface area (Å²) in [5.74, 6) is -15.2. The molecule has 2 aromatic carbocycles. The van der Waals surface area contributed by atoms with Crippen LogP contribution in [0.15, 0.2) is 60.0 Å². The number of anilines is 1. The maximum absolute atomic E-state index is 14.4.